The Bertz CT molecular complexity index is 366. The summed E-state index contributed by atoms with van der Waals surface area (Å²) in [5.74, 6) is -0.247. The molecule has 0 radical (unpaired) electrons. The van der Waals surface area contributed by atoms with Crippen LogP contribution in [0.4, 0.5) is 0 Å². The van der Waals surface area contributed by atoms with E-state index in [9.17, 15) is 4.79 Å². The van der Waals surface area contributed by atoms with Crippen molar-refractivity contribution in [2.75, 3.05) is 6.61 Å². The molecule has 1 amide bonds. The van der Waals surface area contributed by atoms with Crippen LogP contribution < -0.4 is 5.32 Å². The number of aromatic nitrogens is 1. The van der Waals surface area contributed by atoms with Crippen LogP contribution in [0.2, 0.25) is 0 Å². The molecule has 82 valence electrons. The van der Waals surface area contributed by atoms with Gasteiger partial charge in [-0.15, -0.1) is 0 Å². The van der Waals surface area contributed by atoms with Crippen LogP contribution in [0.5, 0.6) is 0 Å². The van der Waals surface area contributed by atoms with Gasteiger partial charge in [-0.2, -0.15) is 0 Å². The van der Waals surface area contributed by atoms with Gasteiger partial charge in [-0.1, -0.05) is 0 Å². The molecule has 4 nitrogen and oxygen atoms in total. The van der Waals surface area contributed by atoms with E-state index in [1.165, 1.54) is 6.20 Å². The second kappa shape index (κ2) is 4.72. The molecule has 1 heterocycles. The van der Waals surface area contributed by atoms with Gasteiger partial charge in [-0.05, 0) is 35.8 Å². The summed E-state index contributed by atoms with van der Waals surface area (Å²) in [4.78, 5) is 15.6. The molecule has 0 aromatic carbocycles. The highest BCUT2D eigenvalue weighted by Crippen LogP contribution is 2.10. The normalized spacial score (nSPS) is 11.2. The Hall–Kier alpha value is -0.940. The van der Waals surface area contributed by atoms with E-state index in [-0.39, 0.29) is 12.5 Å². The lowest BCUT2D eigenvalue weighted by molar-refractivity contribution is 0.0869. The fourth-order valence-electron chi connectivity index (χ4n) is 0.955. The minimum absolute atomic E-state index is 0.111. The lowest BCUT2D eigenvalue weighted by Crippen LogP contribution is -2.46. The summed E-state index contributed by atoms with van der Waals surface area (Å²) in [6, 6.07) is 1.68. The van der Waals surface area contributed by atoms with Crippen LogP contribution in [-0.2, 0) is 0 Å². The third kappa shape index (κ3) is 3.60. The molecule has 1 aromatic rings. The fraction of sp³-hybridized carbons (Fsp3) is 0.400. The van der Waals surface area contributed by atoms with Crippen LogP contribution in [0.25, 0.3) is 0 Å². The summed E-state index contributed by atoms with van der Waals surface area (Å²) in [5, 5.41) is 11.7. The standard InChI is InChI=1S/C10H13BrN2O2/c1-10(2,6-14)13-9(15)7-3-8(11)5-12-4-7/h3-5,14H,6H2,1-2H3,(H,13,15). The highest BCUT2D eigenvalue weighted by atomic mass is 79.9. The zero-order valence-corrected chi connectivity index (χ0v) is 10.2. The Morgan fingerprint density at radius 2 is 2.27 bits per heavy atom. The van der Waals surface area contributed by atoms with E-state index in [2.05, 4.69) is 26.2 Å². The molecule has 0 spiro atoms. The van der Waals surface area contributed by atoms with E-state index in [0.717, 1.165) is 4.47 Å². The lowest BCUT2D eigenvalue weighted by Gasteiger charge is -2.23. The van der Waals surface area contributed by atoms with Gasteiger partial charge in [-0.25, -0.2) is 0 Å². The summed E-state index contributed by atoms with van der Waals surface area (Å²) < 4.78 is 0.747. The van der Waals surface area contributed by atoms with Gasteiger partial charge < -0.3 is 10.4 Å². The zero-order valence-electron chi connectivity index (χ0n) is 8.62. The van der Waals surface area contributed by atoms with Crippen molar-refractivity contribution >= 4 is 21.8 Å². The summed E-state index contributed by atoms with van der Waals surface area (Å²) >= 11 is 3.24. The average Bonchev–Trinajstić information content (AvgIpc) is 2.17. The van der Waals surface area contributed by atoms with E-state index in [0.29, 0.717) is 5.56 Å². The number of nitrogens with one attached hydrogen (secondary N) is 1. The number of aliphatic hydroxyl groups is 1. The molecule has 0 fully saturated rings. The number of carbonyl (C=O) groups is 1. The van der Waals surface area contributed by atoms with Gasteiger partial charge in [-0.3, -0.25) is 9.78 Å². The molecule has 0 bridgehead atoms. The van der Waals surface area contributed by atoms with Crippen LogP contribution in [0, 0.1) is 0 Å². The predicted octanol–water partition coefficient (Wildman–Crippen LogP) is 1.34. The topological polar surface area (TPSA) is 62.2 Å². The number of carbonyl (C=O) groups excluding carboxylic acids is 1. The van der Waals surface area contributed by atoms with E-state index in [1.54, 1.807) is 26.1 Å². The largest absolute Gasteiger partial charge is 0.394 e. The number of amides is 1. The number of rotatable bonds is 3. The van der Waals surface area contributed by atoms with Crippen molar-refractivity contribution in [2.24, 2.45) is 0 Å². The van der Waals surface area contributed by atoms with Crippen LogP contribution in [0.15, 0.2) is 22.9 Å². The summed E-state index contributed by atoms with van der Waals surface area (Å²) in [7, 11) is 0. The van der Waals surface area contributed by atoms with Gasteiger partial charge in [0, 0.05) is 16.9 Å². The van der Waals surface area contributed by atoms with E-state index in [1.807, 2.05) is 0 Å². The number of hydrogen-bond acceptors (Lipinski definition) is 3. The van der Waals surface area contributed by atoms with Gasteiger partial charge in [0.05, 0.1) is 17.7 Å². The molecule has 0 atom stereocenters. The Balaban J connectivity index is 2.78. The molecular formula is C10H13BrN2O2. The van der Waals surface area contributed by atoms with Crippen molar-refractivity contribution in [1.29, 1.82) is 0 Å². The summed E-state index contributed by atoms with van der Waals surface area (Å²) in [6.45, 7) is 3.38. The number of halogens is 1. The maximum atomic E-state index is 11.7. The van der Waals surface area contributed by atoms with E-state index >= 15 is 0 Å². The minimum Gasteiger partial charge on any atom is -0.394 e. The Labute approximate surface area is 96.8 Å². The second-order valence-electron chi connectivity index (χ2n) is 3.89. The van der Waals surface area contributed by atoms with Crippen molar-refractivity contribution in [3.63, 3.8) is 0 Å². The predicted molar refractivity (Wildman–Crippen MR) is 60.6 cm³/mol. The lowest BCUT2D eigenvalue weighted by atomic mass is 10.1. The molecule has 0 saturated carbocycles. The van der Waals surface area contributed by atoms with Crippen molar-refractivity contribution in [3.8, 4) is 0 Å². The quantitative estimate of drug-likeness (QED) is 0.873. The SMILES string of the molecule is CC(C)(CO)NC(=O)c1cncc(Br)c1. The third-order valence-electron chi connectivity index (χ3n) is 1.81. The molecule has 2 N–H and O–H groups in total. The highest BCUT2D eigenvalue weighted by molar-refractivity contribution is 9.10. The monoisotopic (exact) mass is 272 g/mol. The number of hydrogen-bond donors (Lipinski definition) is 2. The molecule has 0 aliphatic rings. The summed E-state index contributed by atoms with van der Waals surface area (Å²) in [5.41, 5.74) is -0.162. The first kappa shape index (κ1) is 12.1. The van der Waals surface area contributed by atoms with Gasteiger partial charge in [0.2, 0.25) is 0 Å². The smallest absolute Gasteiger partial charge is 0.253 e. The van der Waals surface area contributed by atoms with Crippen LogP contribution in [-0.4, -0.2) is 28.1 Å². The molecule has 1 aromatic heterocycles. The third-order valence-corrected chi connectivity index (χ3v) is 2.25. The van der Waals surface area contributed by atoms with Gasteiger partial charge in [0.25, 0.3) is 5.91 Å². The van der Waals surface area contributed by atoms with Crippen LogP contribution in [0.1, 0.15) is 24.2 Å². The van der Waals surface area contributed by atoms with E-state index in [4.69, 9.17) is 5.11 Å². The number of pyridine rings is 1. The molecule has 5 heteroatoms. The van der Waals surface area contributed by atoms with Gasteiger partial charge >= 0.3 is 0 Å². The van der Waals surface area contributed by atoms with Crippen LogP contribution in [0.3, 0.4) is 0 Å². The first-order chi connectivity index (χ1) is 6.94. The van der Waals surface area contributed by atoms with E-state index < -0.39 is 5.54 Å². The second-order valence-corrected chi connectivity index (χ2v) is 4.80. The Kier molecular flexibility index (Phi) is 3.82. The number of nitrogens with zero attached hydrogens (tertiary/aromatic N) is 1. The first-order valence-corrected chi connectivity index (χ1v) is 5.28. The maximum Gasteiger partial charge on any atom is 0.253 e. The summed E-state index contributed by atoms with van der Waals surface area (Å²) in [6.07, 6.45) is 3.08. The molecule has 0 aliphatic heterocycles. The van der Waals surface area contributed by atoms with Crippen molar-refractivity contribution in [2.45, 2.75) is 19.4 Å². The Morgan fingerprint density at radius 1 is 1.60 bits per heavy atom. The molecule has 0 unspecified atom stereocenters. The van der Waals surface area contributed by atoms with Gasteiger partial charge in [0.15, 0.2) is 0 Å². The zero-order chi connectivity index (χ0) is 11.5. The van der Waals surface area contributed by atoms with Gasteiger partial charge in [0.1, 0.15) is 0 Å². The number of aliphatic hydroxyl groups excluding tert-OH is 1. The van der Waals surface area contributed by atoms with Crippen molar-refractivity contribution < 1.29 is 9.90 Å². The Morgan fingerprint density at radius 3 is 2.80 bits per heavy atom. The molecule has 1 rings (SSSR count). The average molecular weight is 273 g/mol. The minimum atomic E-state index is -0.626. The fourth-order valence-corrected chi connectivity index (χ4v) is 1.32. The maximum absolute atomic E-state index is 11.7. The molecular weight excluding hydrogens is 260 g/mol. The van der Waals surface area contributed by atoms with Crippen molar-refractivity contribution in [1.82, 2.24) is 10.3 Å². The van der Waals surface area contributed by atoms with Crippen molar-refractivity contribution in [3.05, 3.63) is 28.5 Å². The van der Waals surface area contributed by atoms with Crippen LogP contribution >= 0.6 is 15.9 Å². The molecule has 0 saturated heterocycles. The molecule has 0 aliphatic carbocycles. The molecule has 15 heavy (non-hydrogen) atoms. The highest BCUT2D eigenvalue weighted by Gasteiger charge is 2.20. The first-order valence-electron chi connectivity index (χ1n) is 4.48.